The number of hydrogen-bond acceptors (Lipinski definition) is 10. The first-order valence-electron chi connectivity index (χ1n) is 13.8. The van der Waals surface area contributed by atoms with Crippen molar-refractivity contribution in [3.05, 3.63) is 72.8 Å². The SMILES string of the molecule is CCCN(c1ccc(NC(=O)C(F)(F)C(F)(F)C(F)(F)F)cc1)S(=O)(=O)c1ccccc1N=Nc1c(N)ccc2cc(S(=O)(=O)[O-])cc(O)c12.[Na+]. The molecule has 0 aliphatic carbocycles. The second-order valence-corrected chi connectivity index (χ2v) is 13.6. The summed E-state index contributed by atoms with van der Waals surface area (Å²) in [6.45, 7) is 1.40. The Kier molecular flexibility index (Phi) is 12.1. The molecule has 0 unspecified atom stereocenters. The molecule has 0 aliphatic heterocycles. The normalized spacial score (nSPS) is 12.9. The van der Waals surface area contributed by atoms with Gasteiger partial charge in [0.25, 0.3) is 10.0 Å². The molecule has 0 aliphatic rings. The summed E-state index contributed by atoms with van der Waals surface area (Å²) in [6.07, 6.45) is -6.54. The van der Waals surface area contributed by atoms with Gasteiger partial charge in [0.05, 0.1) is 21.7 Å². The van der Waals surface area contributed by atoms with Crippen LogP contribution in [0, 0.1) is 0 Å². The molecule has 0 spiro atoms. The van der Waals surface area contributed by atoms with Crippen LogP contribution in [0.5, 0.6) is 5.75 Å². The fourth-order valence-corrected chi connectivity index (χ4v) is 6.69. The van der Waals surface area contributed by atoms with Crippen LogP contribution in [0.1, 0.15) is 13.3 Å². The number of fused-ring (bicyclic) bond motifs is 1. The molecule has 12 nitrogen and oxygen atoms in total. The Morgan fingerprint density at radius 1 is 0.922 bits per heavy atom. The van der Waals surface area contributed by atoms with E-state index in [0.29, 0.717) is 6.07 Å². The molecule has 0 aromatic heterocycles. The van der Waals surface area contributed by atoms with Crippen molar-refractivity contribution in [3.8, 4) is 5.75 Å². The summed E-state index contributed by atoms with van der Waals surface area (Å²) in [4.78, 5) is 10.6. The predicted octanol–water partition coefficient (Wildman–Crippen LogP) is 3.83. The number of carbonyl (C=O) groups excluding carboxylic acids is 1. The number of anilines is 3. The van der Waals surface area contributed by atoms with E-state index < -0.39 is 65.3 Å². The number of nitrogen functional groups attached to an aromatic ring is 1. The maximum Gasteiger partial charge on any atom is 1.00 e. The molecule has 0 radical (unpaired) electrons. The minimum absolute atomic E-state index is 0. The van der Waals surface area contributed by atoms with Gasteiger partial charge >= 0.3 is 53.5 Å². The van der Waals surface area contributed by atoms with Crippen molar-refractivity contribution < 1.29 is 91.6 Å². The number of alkyl halides is 7. The first kappa shape index (κ1) is 41.4. The van der Waals surface area contributed by atoms with Gasteiger partial charge in [0, 0.05) is 12.2 Å². The average Bonchev–Trinajstić information content (AvgIpc) is 3.02. The third kappa shape index (κ3) is 8.23. The third-order valence-corrected chi connectivity index (χ3v) is 9.62. The number of hydrogen-bond donors (Lipinski definition) is 3. The number of nitrogens with zero attached hydrogens (tertiary/aromatic N) is 3. The van der Waals surface area contributed by atoms with Crippen molar-refractivity contribution in [3.63, 3.8) is 0 Å². The predicted molar refractivity (Wildman–Crippen MR) is 164 cm³/mol. The van der Waals surface area contributed by atoms with E-state index >= 15 is 0 Å². The number of aromatic hydroxyl groups is 1. The average molecular weight is 774 g/mol. The number of carbonyl (C=O) groups is 1. The Balaban J connectivity index is 0.00000702. The van der Waals surface area contributed by atoms with Crippen LogP contribution in [0.15, 0.2) is 92.8 Å². The smallest absolute Gasteiger partial charge is 0.744 e. The summed E-state index contributed by atoms with van der Waals surface area (Å²) in [5.41, 5.74) is 4.67. The van der Waals surface area contributed by atoms with Crippen LogP contribution < -0.4 is 44.9 Å². The second-order valence-electron chi connectivity index (χ2n) is 10.4. The van der Waals surface area contributed by atoms with Crippen LogP contribution in [-0.2, 0) is 24.9 Å². The Morgan fingerprint density at radius 2 is 1.53 bits per heavy atom. The molecule has 4 aromatic carbocycles. The molecule has 22 heteroatoms. The molecule has 4 N–H and O–H groups in total. The van der Waals surface area contributed by atoms with Crippen molar-refractivity contribution in [2.75, 3.05) is 21.9 Å². The first-order chi connectivity index (χ1) is 23.0. The Bertz CT molecular complexity index is 2210. The number of phenolic OH excluding ortho intramolecular Hbond substituents is 1. The standard InChI is InChI=1S/C29H24F7N5O7S2.Na/c1-2-13-41(18-10-8-17(9-11-18)38-26(43)27(30,31)28(32,33)29(34,35)36)49(44,45)23-6-4-3-5-21(23)39-40-25-20(37)12-7-16-14-19(50(46,47)48)15-22(42)24(16)25;/h3-12,14-15,42H,2,13,37H2,1H3,(H,38,43)(H,46,47,48);/q;+1/p-1. The van der Waals surface area contributed by atoms with Gasteiger partial charge in [-0.25, -0.2) is 16.8 Å². The van der Waals surface area contributed by atoms with Gasteiger partial charge in [-0.2, -0.15) is 30.7 Å². The van der Waals surface area contributed by atoms with E-state index in [9.17, 15) is 62.0 Å². The number of rotatable bonds is 11. The van der Waals surface area contributed by atoms with Gasteiger partial charge in [0.15, 0.2) is 0 Å². The summed E-state index contributed by atoms with van der Waals surface area (Å²) in [5.74, 6) is -16.5. The third-order valence-electron chi connectivity index (χ3n) is 6.93. The summed E-state index contributed by atoms with van der Waals surface area (Å²) in [5, 5.41) is 19.7. The van der Waals surface area contributed by atoms with Crippen LogP contribution in [0.2, 0.25) is 0 Å². The van der Waals surface area contributed by atoms with Crippen molar-refractivity contribution in [2.45, 2.75) is 41.2 Å². The van der Waals surface area contributed by atoms with Crippen LogP contribution >= 0.6 is 0 Å². The molecule has 4 aromatic rings. The monoisotopic (exact) mass is 773 g/mol. The molecular weight excluding hydrogens is 750 g/mol. The molecule has 0 heterocycles. The van der Waals surface area contributed by atoms with Crippen LogP contribution in [-0.4, -0.2) is 57.0 Å². The number of amides is 1. The molecule has 1 amide bonds. The van der Waals surface area contributed by atoms with E-state index in [1.165, 1.54) is 35.6 Å². The first-order valence-corrected chi connectivity index (χ1v) is 16.7. The number of azo groups is 1. The molecule has 51 heavy (non-hydrogen) atoms. The summed E-state index contributed by atoms with van der Waals surface area (Å²) in [7, 11) is -9.52. The zero-order valence-electron chi connectivity index (χ0n) is 26.1. The molecule has 4 rings (SSSR count). The Labute approximate surface area is 307 Å². The Morgan fingerprint density at radius 3 is 2.10 bits per heavy atom. The van der Waals surface area contributed by atoms with E-state index in [-0.39, 0.29) is 76.0 Å². The molecule has 0 saturated carbocycles. The molecule has 268 valence electrons. The summed E-state index contributed by atoms with van der Waals surface area (Å²) in [6, 6.07) is 12.9. The molecular formula is C29H23F7N5NaO7S2. The van der Waals surface area contributed by atoms with Crippen molar-refractivity contribution in [1.82, 2.24) is 0 Å². The second kappa shape index (κ2) is 14.9. The van der Waals surface area contributed by atoms with Gasteiger partial charge in [0.1, 0.15) is 32.1 Å². The van der Waals surface area contributed by atoms with Crippen molar-refractivity contribution in [1.29, 1.82) is 0 Å². The van der Waals surface area contributed by atoms with Gasteiger partial charge < -0.3 is 20.7 Å². The van der Waals surface area contributed by atoms with Crippen LogP contribution in [0.4, 0.5) is 59.2 Å². The topological polar surface area (TPSA) is 195 Å². The molecule has 0 fully saturated rings. The zero-order chi connectivity index (χ0) is 37.4. The maximum atomic E-state index is 13.9. The van der Waals surface area contributed by atoms with Gasteiger partial charge in [0.2, 0.25) is 0 Å². The van der Waals surface area contributed by atoms with E-state index in [0.717, 1.165) is 40.7 Å². The number of benzene rings is 4. The summed E-state index contributed by atoms with van der Waals surface area (Å²) >= 11 is 0. The van der Waals surface area contributed by atoms with Crippen LogP contribution in [0.25, 0.3) is 10.8 Å². The molecule has 0 atom stereocenters. The maximum absolute atomic E-state index is 13.9. The number of phenols is 1. The quantitative estimate of drug-likeness (QED) is 0.0673. The van der Waals surface area contributed by atoms with Crippen molar-refractivity contribution >= 4 is 65.3 Å². The Hall–Kier alpha value is -4.02. The number of nitrogens with two attached hydrogens (primary N) is 1. The van der Waals surface area contributed by atoms with Gasteiger partial charge in [-0.1, -0.05) is 25.1 Å². The van der Waals surface area contributed by atoms with E-state index in [2.05, 4.69) is 10.2 Å². The fourth-order valence-electron chi connectivity index (χ4n) is 4.48. The van der Waals surface area contributed by atoms with Gasteiger partial charge in [-0.3, -0.25) is 9.10 Å². The van der Waals surface area contributed by atoms with Crippen molar-refractivity contribution in [2.24, 2.45) is 10.2 Å². The van der Waals surface area contributed by atoms with Gasteiger partial charge in [-0.05, 0) is 66.4 Å². The number of sulfonamides is 1. The van der Waals surface area contributed by atoms with Crippen LogP contribution in [0.3, 0.4) is 0 Å². The number of nitrogens with one attached hydrogen (secondary N) is 1. The van der Waals surface area contributed by atoms with E-state index in [1.54, 1.807) is 6.92 Å². The fraction of sp³-hybridized carbons (Fsp3) is 0.207. The molecule has 0 bridgehead atoms. The minimum atomic E-state index is -6.74. The van der Waals surface area contributed by atoms with E-state index in [4.69, 9.17) is 5.73 Å². The largest absolute Gasteiger partial charge is 1.00 e. The number of halogens is 7. The van der Waals surface area contributed by atoms with E-state index in [1.807, 2.05) is 0 Å². The van der Waals surface area contributed by atoms with Gasteiger partial charge in [-0.15, -0.1) is 10.2 Å². The molecule has 0 saturated heterocycles. The zero-order valence-corrected chi connectivity index (χ0v) is 29.8. The summed E-state index contributed by atoms with van der Waals surface area (Å²) < 4.78 is 155. The minimum Gasteiger partial charge on any atom is -0.744 e.